The second-order valence-electron chi connectivity index (χ2n) is 6.53. The minimum atomic E-state index is 0.308. The number of rotatable bonds is 5. The fourth-order valence-corrected chi connectivity index (χ4v) is 3.33. The van der Waals surface area contributed by atoms with Crippen molar-refractivity contribution in [2.75, 3.05) is 44.9 Å². The van der Waals surface area contributed by atoms with Gasteiger partial charge in [0.2, 0.25) is 6.79 Å². The van der Waals surface area contributed by atoms with Crippen molar-refractivity contribution in [3.8, 4) is 11.5 Å². The molecule has 0 spiro atoms. The number of fused-ring (bicyclic) bond motifs is 1. The molecule has 4 rings (SSSR count). The Balaban J connectivity index is 1.41. The molecule has 1 aromatic carbocycles. The lowest BCUT2D eigenvalue weighted by Crippen LogP contribution is -2.45. The van der Waals surface area contributed by atoms with Gasteiger partial charge in [-0.15, -0.1) is 0 Å². The first-order chi connectivity index (χ1) is 12.3. The number of piperazine rings is 1. The summed E-state index contributed by atoms with van der Waals surface area (Å²) >= 11 is 0. The van der Waals surface area contributed by atoms with Gasteiger partial charge in [-0.05, 0) is 19.2 Å². The normalized spacial score (nSPS) is 17.1. The van der Waals surface area contributed by atoms with Gasteiger partial charge in [0.25, 0.3) is 0 Å². The number of benzene rings is 1. The molecule has 3 heterocycles. The van der Waals surface area contributed by atoms with Crippen molar-refractivity contribution in [2.45, 2.75) is 13.1 Å². The summed E-state index contributed by atoms with van der Waals surface area (Å²) in [6.07, 6.45) is 1.88. The molecular weight excluding hydrogens is 316 g/mol. The van der Waals surface area contributed by atoms with Crippen LogP contribution in [0.1, 0.15) is 11.1 Å². The van der Waals surface area contributed by atoms with Crippen LogP contribution in [0, 0.1) is 0 Å². The maximum Gasteiger partial charge on any atom is 0.231 e. The van der Waals surface area contributed by atoms with Crippen molar-refractivity contribution in [3.05, 3.63) is 47.7 Å². The molecule has 1 aromatic heterocycles. The van der Waals surface area contributed by atoms with Crippen LogP contribution in [0.4, 0.5) is 5.82 Å². The van der Waals surface area contributed by atoms with Crippen LogP contribution in [0.25, 0.3) is 0 Å². The number of nitrogens with zero attached hydrogens (tertiary/aromatic N) is 3. The number of aromatic nitrogens is 1. The molecule has 0 radical (unpaired) electrons. The van der Waals surface area contributed by atoms with E-state index in [1.165, 1.54) is 5.56 Å². The molecule has 1 fully saturated rings. The van der Waals surface area contributed by atoms with Crippen LogP contribution in [-0.4, -0.2) is 49.9 Å². The quantitative estimate of drug-likeness (QED) is 0.896. The fraction of sp³-hybridized carbons (Fsp3) is 0.421. The van der Waals surface area contributed by atoms with E-state index in [9.17, 15) is 0 Å². The predicted molar refractivity (Wildman–Crippen MR) is 97.1 cm³/mol. The lowest BCUT2D eigenvalue weighted by molar-refractivity contribution is 0.173. The molecule has 1 N–H and O–H groups in total. The van der Waals surface area contributed by atoms with Gasteiger partial charge in [0, 0.05) is 56.6 Å². The Morgan fingerprint density at radius 2 is 1.80 bits per heavy atom. The Morgan fingerprint density at radius 1 is 1.00 bits per heavy atom. The predicted octanol–water partition coefficient (Wildman–Crippen LogP) is 1.85. The molecule has 25 heavy (non-hydrogen) atoms. The van der Waals surface area contributed by atoms with Gasteiger partial charge in [-0.1, -0.05) is 18.2 Å². The molecule has 132 valence electrons. The Labute approximate surface area is 148 Å². The zero-order valence-corrected chi connectivity index (χ0v) is 14.6. The van der Waals surface area contributed by atoms with Crippen LogP contribution in [-0.2, 0) is 13.1 Å². The first-order valence-corrected chi connectivity index (χ1v) is 8.77. The lowest BCUT2D eigenvalue weighted by Gasteiger charge is -2.34. The molecule has 6 nitrogen and oxygen atoms in total. The zero-order valence-electron chi connectivity index (χ0n) is 14.6. The summed E-state index contributed by atoms with van der Waals surface area (Å²) in [5, 5.41) is 3.52. The van der Waals surface area contributed by atoms with Crippen molar-refractivity contribution in [1.82, 2.24) is 15.2 Å². The van der Waals surface area contributed by atoms with E-state index in [0.717, 1.165) is 62.1 Å². The SMILES string of the molecule is CN1CCN(c2ncccc2CNCc2cccc3c2OCO3)CC1. The molecule has 6 heteroatoms. The molecule has 2 aromatic rings. The molecule has 0 amide bonds. The van der Waals surface area contributed by atoms with E-state index < -0.39 is 0 Å². The Hall–Kier alpha value is -2.31. The van der Waals surface area contributed by atoms with E-state index in [1.807, 2.05) is 24.4 Å². The van der Waals surface area contributed by atoms with Gasteiger partial charge in [0.05, 0.1) is 0 Å². The second kappa shape index (κ2) is 7.29. The number of nitrogens with one attached hydrogen (secondary N) is 1. The van der Waals surface area contributed by atoms with Crippen LogP contribution >= 0.6 is 0 Å². The van der Waals surface area contributed by atoms with Gasteiger partial charge in [-0.2, -0.15) is 0 Å². The molecule has 0 bridgehead atoms. The largest absolute Gasteiger partial charge is 0.454 e. The molecule has 2 aliphatic heterocycles. The van der Waals surface area contributed by atoms with Gasteiger partial charge in [-0.25, -0.2) is 4.98 Å². The fourth-order valence-electron chi connectivity index (χ4n) is 3.33. The summed E-state index contributed by atoms with van der Waals surface area (Å²) in [5.74, 6) is 2.79. The number of para-hydroxylation sites is 1. The number of ether oxygens (including phenoxy) is 2. The highest BCUT2D eigenvalue weighted by atomic mass is 16.7. The van der Waals surface area contributed by atoms with Crippen molar-refractivity contribution in [2.24, 2.45) is 0 Å². The number of hydrogen-bond donors (Lipinski definition) is 1. The average Bonchev–Trinajstić information content (AvgIpc) is 3.13. The highest BCUT2D eigenvalue weighted by Crippen LogP contribution is 2.35. The monoisotopic (exact) mass is 340 g/mol. The number of pyridine rings is 1. The van der Waals surface area contributed by atoms with E-state index >= 15 is 0 Å². The van der Waals surface area contributed by atoms with Crippen LogP contribution in [0.2, 0.25) is 0 Å². The van der Waals surface area contributed by atoms with Crippen molar-refractivity contribution in [1.29, 1.82) is 0 Å². The maximum absolute atomic E-state index is 5.57. The summed E-state index contributed by atoms with van der Waals surface area (Å²) in [4.78, 5) is 9.37. The smallest absolute Gasteiger partial charge is 0.231 e. The molecular formula is C19H24N4O2. The van der Waals surface area contributed by atoms with Crippen LogP contribution in [0.5, 0.6) is 11.5 Å². The molecule has 2 aliphatic rings. The van der Waals surface area contributed by atoms with Crippen molar-refractivity contribution in [3.63, 3.8) is 0 Å². The molecule has 0 atom stereocenters. The second-order valence-corrected chi connectivity index (χ2v) is 6.53. The Morgan fingerprint density at radius 3 is 2.68 bits per heavy atom. The van der Waals surface area contributed by atoms with E-state index in [0.29, 0.717) is 6.79 Å². The molecule has 0 aliphatic carbocycles. The van der Waals surface area contributed by atoms with Gasteiger partial charge in [-0.3, -0.25) is 0 Å². The minimum absolute atomic E-state index is 0.308. The summed E-state index contributed by atoms with van der Waals surface area (Å²) in [6.45, 7) is 6.04. The van der Waals surface area contributed by atoms with E-state index in [2.05, 4.69) is 39.3 Å². The maximum atomic E-state index is 5.57. The Bertz CT molecular complexity index is 729. The summed E-state index contributed by atoms with van der Waals surface area (Å²) in [5.41, 5.74) is 2.36. The average molecular weight is 340 g/mol. The number of hydrogen-bond acceptors (Lipinski definition) is 6. The van der Waals surface area contributed by atoms with E-state index in [1.54, 1.807) is 0 Å². The lowest BCUT2D eigenvalue weighted by atomic mass is 10.1. The minimum Gasteiger partial charge on any atom is -0.454 e. The van der Waals surface area contributed by atoms with E-state index in [-0.39, 0.29) is 0 Å². The van der Waals surface area contributed by atoms with Crippen LogP contribution in [0.3, 0.4) is 0 Å². The Kier molecular flexibility index (Phi) is 4.72. The van der Waals surface area contributed by atoms with Gasteiger partial charge in [0.1, 0.15) is 5.82 Å². The summed E-state index contributed by atoms with van der Waals surface area (Å²) < 4.78 is 11.0. The number of likely N-dealkylation sites (N-methyl/N-ethyl adjacent to an activating group) is 1. The first kappa shape index (κ1) is 16.2. The number of anilines is 1. The van der Waals surface area contributed by atoms with Crippen LogP contribution < -0.4 is 19.7 Å². The van der Waals surface area contributed by atoms with Gasteiger partial charge in [0.15, 0.2) is 11.5 Å². The topological polar surface area (TPSA) is 49.9 Å². The van der Waals surface area contributed by atoms with Crippen molar-refractivity contribution >= 4 is 5.82 Å². The highest BCUT2D eigenvalue weighted by molar-refractivity contribution is 5.49. The summed E-state index contributed by atoms with van der Waals surface area (Å²) in [6, 6.07) is 10.2. The van der Waals surface area contributed by atoms with Crippen molar-refractivity contribution < 1.29 is 9.47 Å². The highest BCUT2D eigenvalue weighted by Gasteiger charge is 2.19. The molecule has 1 saturated heterocycles. The third kappa shape index (κ3) is 3.55. The molecule has 0 saturated carbocycles. The summed E-state index contributed by atoms with van der Waals surface area (Å²) in [7, 11) is 2.17. The van der Waals surface area contributed by atoms with Crippen LogP contribution in [0.15, 0.2) is 36.5 Å². The zero-order chi connectivity index (χ0) is 17.1. The standard InChI is InChI=1S/C19H24N4O2/c1-22-8-10-23(11-9-22)19-16(5-3-7-21-19)13-20-12-15-4-2-6-17-18(15)25-14-24-17/h2-7,20H,8-14H2,1H3. The van der Waals surface area contributed by atoms with Gasteiger partial charge < -0.3 is 24.6 Å². The first-order valence-electron chi connectivity index (χ1n) is 8.77. The third-order valence-corrected chi connectivity index (χ3v) is 4.78. The van der Waals surface area contributed by atoms with E-state index in [4.69, 9.17) is 9.47 Å². The third-order valence-electron chi connectivity index (χ3n) is 4.78. The van der Waals surface area contributed by atoms with Gasteiger partial charge >= 0.3 is 0 Å². The molecule has 0 unspecified atom stereocenters.